The third-order valence-corrected chi connectivity index (χ3v) is 3.16. The van der Waals surface area contributed by atoms with Crippen LogP contribution in [0.3, 0.4) is 0 Å². The number of nitrogens with two attached hydrogens (primary N) is 1. The lowest BCUT2D eigenvalue weighted by molar-refractivity contribution is 0.589. The molecule has 0 aliphatic rings. The van der Waals surface area contributed by atoms with E-state index in [9.17, 15) is 5.26 Å². The number of nitriles is 1. The molecule has 1 unspecified atom stereocenters. The number of hydrogen-bond donors (Lipinski definition) is 1. The Morgan fingerprint density at radius 1 is 1.50 bits per heavy atom. The lowest BCUT2D eigenvalue weighted by Gasteiger charge is -2.30. The molecule has 1 aromatic rings. The highest BCUT2D eigenvalue weighted by Crippen LogP contribution is 2.22. The van der Waals surface area contributed by atoms with E-state index in [0.29, 0.717) is 17.3 Å². The summed E-state index contributed by atoms with van der Waals surface area (Å²) < 4.78 is 0. The van der Waals surface area contributed by atoms with Gasteiger partial charge in [-0.1, -0.05) is 20.3 Å². The number of nitrogen functional groups attached to an aromatic ring is 1. The molecule has 1 atom stereocenters. The third-order valence-electron chi connectivity index (χ3n) is 3.16. The van der Waals surface area contributed by atoms with Crippen LogP contribution in [-0.4, -0.2) is 17.6 Å². The summed E-state index contributed by atoms with van der Waals surface area (Å²) in [6.45, 7) is 7.40. The molecule has 2 N–H and O–H groups in total. The van der Waals surface area contributed by atoms with Gasteiger partial charge in [0, 0.05) is 12.6 Å². The molecule has 4 heteroatoms. The molecule has 0 fully saturated rings. The van der Waals surface area contributed by atoms with Crippen LogP contribution < -0.4 is 10.6 Å². The maximum atomic E-state index is 9.20. The predicted molar refractivity (Wildman–Crippen MR) is 75.4 cm³/mol. The van der Waals surface area contributed by atoms with Gasteiger partial charge in [0.15, 0.2) is 0 Å². The number of pyridine rings is 1. The number of aromatic nitrogens is 1. The normalized spacial score (nSPS) is 11.9. The molecule has 0 saturated heterocycles. The minimum atomic E-state index is 0.375. The Morgan fingerprint density at radius 3 is 2.78 bits per heavy atom. The highest BCUT2D eigenvalue weighted by atomic mass is 15.2. The van der Waals surface area contributed by atoms with Crippen LogP contribution in [0.4, 0.5) is 11.5 Å². The minimum absolute atomic E-state index is 0.375. The van der Waals surface area contributed by atoms with Crippen molar-refractivity contribution in [2.75, 3.05) is 17.2 Å². The Morgan fingerprint density at radius 2 is 2.22 bits per heavy atom. The van der Waals surface area contributed by atoms with E-state index in [1.54, 1.807) is 12.3 Å². The van der Waals surface area contributed by atoms with Gasteiger partial charge in [-0.25, -0.2) is 4.98 Å². The number of unbranched alkanes of at least 4 members (excludes halogenated alkanes) is 1. The first kappa shape index (κ1) is 14.3. The summed E-state index contributed by atoms with van der Waals surface area (Å²) in [6, 6.07) is 4.26. The molecular weight excluding hydrogens is 224 g/mol. The summed E-state index contributed by atoms with van der Waals surface area (Å²) in [7, 11) is 0. The van der Waals surface area contributed by atoms with Gasteiger partial charge in [-0.15, -0.1) is 0 Å². The van der Waals surface area contributed by atoms with Crippen LogP contribution in [-0.2, 0) is 0 Å². The van der Waals surface area contributed by atoms with Crippen LogP contribution in [0.2, 0.25) is 0 Å². The molecule has 1 aromatic heterocycles. The summed E-state index contributed by atoms with van der Waals surface area (Å²) in [5.74, 6) is 0.759. The van der Waals surface area contributed by atoms with Gasteiger partial charge in [-0.2, -0.15) is 5.26 Å². The van der Waals surface area contributed by atoms with Crippen LogP contribution in [0.1, 0.15) is 45.6 Å². The van der Waals surface area contributed by atoms with Crippen LogP contribution in [0, 0.1) is 11.3 Å². The van der Waals surface area contributed by atoms with Crippen LogP contribution in [0.15, 0.2) is 12.3 Å². The monoisotopic (exact) mass is 246 g/mol. The Bertz CT molecular complexity index is 422. The summed E-state index contributed by atoms with van der Waals surface area (Å²) in [4.78, 5) is 6.56. The third kappa shape index (κ3) is 3.36. The zero-order valence-corrected chi connectivity index (χ0v) is 11.5. The second kappa shape index (κ2) is 6.85. The summed E-state index contributed by atoms with van der Waals surface area (Å²) in [5, 5.41) is 9.20. The Hall–Kier alpha value is -1.76. The smallest absolute Gasteiger partial charge is 0.146 e. The lowest BCUT2D eigenvalue weighted by atomic mass is 10.1. The van der Waals surface area contributed by atoms with Gasteiger partial charge >= 0.3 is 0 Å². The standard InChI is InChI=1S/C14H22N4/c1-4-6-7-18(11(3)5-2)14-12(9-15)8-13(16)10-17-14/h8,10-11H,4-7,16H2,1-3H3. The number of rotatable bonds is 6. The SMILES string of the molecule is CCCCN(c1ncc(N)cc1C#N)C(C)CC. The van der Waals surface area contributed by atoms with Gasteiger partial charge < -0.3 is 10.6 Å². The van der Waals surface area contributed by atoms with Crippen molar-refractivity contribution in [2.45, 2.75) is 46.1 Å². The van der Waals surface area contributed by atoms with E-state index >= 15 is 0 Å². The summed E-state index contributed by atoms with van der Waals surface area (Å²) >= 11 is 0. The van der Waals surface area contributed by atoms with E-state index in [-0.39, 0.29) is 0 Å². The lowest BCUT2D eigenvalue weighted by Crippen LogP contribution is -2.34. The quantitative estimate of drug-likeness (QED) is 0.838. The molecule has 0 aromatic carbocycles. The average molecular weight is 246 g/mol. The molecule has 98 valence electrons. The van der Waals surface area contributed by atoms with Crippen molar-refractivity contribution in [1.29, 1.82) is 5.26 Å². The molecule has 18 heavy (non-hydrogen) atoms. The van der Waals surface area contributed by atoms with Crippen LogP contribution >= 0.6 is 0 Å². The van der Waals surface area contributed by atoms with E-state index in [1.807, 2.05) is 0 Å². The first-order chi connectivity index (χ1) is 8.63. The van der Waals surface area contributed by atoms with Gasteiger partial charge in [0.25, 0.3) is 0 Å². The highest BCUT2D eigenvalue weighted by molar-refractivity contribution is 5.59. The molecule has 0 saturated carbocycles. The van der Waals surface area contributed by atoms with E-state index in [0.717, 1.165) is 31.6 Å². The van der Waals surface area contributed by atoms with E-state index in [4.69, 9.17) is 5.73 Å². The van der Waals surface area contributed by atoms with E-state index < -0.39 is 0 Å². The van der Waals surface area contributed by atoms with E-state index in [2.05, 4.69) is 36.7 Å². The van der Waals surface area contributed by atoms with Crippen molar-refractivity contribution >= 4 is 11.5 Å². The number of nitrogens with zero attached hydrogens (tertiary/aromatic N) is 3. The molecule has 0 aliphatic heterocycles. The molecule has 0 bridgehead atoms. The maximum Gasteiger partial charge on any atom is 0.146 e. The first-order valence-corrected chi connectivity index (χ1v) is 6.56. The maximum absolute atomic E-state index is 9.20. The minimum Gasteiger partial charge on any atom is -0.397 e. The van der Waals surface area contributed by atoms with Crippen molar-refractivity contribution in [3.63, 3.8) is 0 Å². The van der Waals surface area contributed by atoms with Crippen molar-refractivity contribution in [1.82, 2.24) is 4.98 Å². The van der Waals surface area contributed by atoms with Crippen molar-refractivity contribution < 1.29 is 0 Å². The summed E-state index contributed by atoms with van der Waals surface area (Å²) in [5.41, 5.74) is 6.78. The largest absolute Gasteiger partial charge is 0.397 e. The summed E-state index contributed by atoms with van der Waals surface area (Å²) in [6.07, 6.45) is 4.88. The Kier molecular flexibility index (Phi) is 5.44. The van der Waals surface area contributed by atoms with Gasteiger partial charge in [-0.05, 0) is 25.8 Å². The van der Waals surface area contributed by atoms with Crippen molar-refractivity contribution in [2.24, 2.45) is 0 Å². The topological polar surface area (TPSA) is 65.9 Å². The molecule has 1 rings (SSSR count). The first-order valence-electron chi connectivity index (χ1n) is 6.56. The number of hydrogen-bond acceptors (Lipinski definition) is 4. The molecular formula is C14H22N4. The fourth-order valence-electron chi connectivity index (χ4n) is 1.87. The second-order valence-electron chi connectivity index (χ2n) is 4.56. The molecule has 0 amide bonds. The van der Waals surface area contributed by atoms with Gasteiger partial charge in [0.2, 0.25) is 0 Å². The van der Waals surface area contributed by atoms with Crippen molar-refractivity contribution in [3.8, 4) is 6.07 Å². The van der Waals surface area contributed by atoms with Crippen molar-refractivity contribution in [3.05, 3.63) is 17.8 Å². The number of anilines is 2. The van der Waals surface area contributed by atoms with E-state index in [1.165, 1.54) is 0 Å². The molecule has 0 spiro atoms. The van der Waals surface area contributed by atoms with Crippen LogP contribution in [0.5, 0.6) is 0 Å². The fourth-order valence-corrected chi connectivity index (χ4v) is 1.87. The average Bonchev–Trinajstić information content (AvgIpc) is 2.39. The fraction of sp³-hybridized carbons (Fsp3) is 0.571. The zero-order valence-electron chi connectivity index (χ0n) is 11.5. The van der Waals surface area contributed by atoms with Gasteiger partial charge in [-0.3, -0.25) is 0 Å². The predicted octanol–water partition coefficient (Wildman–Crippen LogP) is 2.94. The van der Waals surface area contributed by atoms with Gasteiger partial charge in [0.05, 0.1) is 17.4 Å². The Labute approximate surface area is 109 Å². The highest BCUT2D eigenvalue weighted by Gasteiger charge is 2.17. The molecule has 4 nitrogen and oxygen atoms in total. The molecule has 1 heterocycles. The molecule has 0 radical (unpaired) electrons. The van der Waals surface area contributed by atoms with Gasteiger partial charge in [0.1, 0.15) is 11.9 Å². The Balaban J connectivity index is 3.08. The zero-order chi connectivity index (χ0) is 13.5. The molecule has 0 aliphatic carbocycles. The van der Waals surface area contributed by atoms with Crippen LogP contribution in [0.25, 0.3) is 0 Å². The second-order valence-corrected chi connectivity index (χ2v) is 4.56.